The number of carbonyl (C=O) groups is 1. The number of benzene rings is 1. The zero-order chi connectivity index (χ0) is 26.5. The number of carbonyl (C=O) groups excluding carboxylic acids is 1. The van der Waals surface area contributed by atoms with Crippen molar-refractivity contribution in [2.45, 2.75) is 51.1 Å². The van der Waals surface area contributed by atoms with Gasteiger partial charge in [0.2, 0.25) is 5.60 Å². The molecule has 1 aromatic carbocycles. The summed E-state index contributed by atoms with van der Waals surface area (Å²) in [5, 5.41) is 14.9. The molecule has 2 aliphatic rings. The predicted octanol–water partition coefficient (Wildman–Crippen LogP) is 4.30. The van der Waals surface area contributed by atoms with Gasteiger partial charge in [0.15, 0.2) is 0 Å². The summed E-state index contributed by atoms with van der Waals surface area (Å²) < 4.78 is 45.8. The number of rotatable bonds is 4. The Morgan fingerprint density at radius 1 is 1.30 bits per heavy atom. The van der Waals surface area contributed by atoms with Gasteiger partial charge in [-0.1, -0.05) is 24.6 Å². The Hall–Kier alpha value is -2.66. The smallest absolute Gasteiger partial charge is 0.378 e. The van der Waals surface area contributed by atoms with Crippen LogP contribution in [0.5, 0.6) is 0 Å². The molecule has 1 saturated heterocycles. The van der Waals surface area contributed by atoms with Crippen molar-refractivity contribution in [2.75, 3.05) is 26.3 Å². The lowest BCUT2D eigenvalue weighted by atomic mass is 9.86. The molecule has 4 heterocycles. The molecule has 1 fully saturated rings. The summed E-state index contributed by atoms with van der Waals surface area (Å²) in [6.07, 6.45) is -2.20. The normalized spacial score (nSPS) is 20.1. The molecular weight excluding hydrogens is 509 g/mol. The van der Waals surface area contributed by atoms with Gasteiger partial charge < -0.3 is 25.0 Å². The minimum absolute atomic E-state index is 0.0289. The molecule has 2 atom stereocenters. The summed E-state index contributed by atoms with van der Waals surface area (Å²) in [6.45, 7) is 4.16. The van der Waals surface area contributed by atoms with Crippen molar-refractivity contribution in [3.63, 3.8) is 0 Å². The van der Waals surface area contributed by atoms with Crippen molar-refractivity contribution < 1.29 is 27.8 Å². The summed E-state index contributed by atoms with van der Waals surface area (Å²) in [5.41, 5.74) is 2.62. The van der Waals surface area contributed by atoms with E-state index in [1.807, 2.05) is 25.1 Å². The number of nitrogens with one attached hydrogen (secondary N) is 2. The fraction of sp³-hybridized carbons (Fsp3) is 0.462. The highest BCUT2D eigenvalue weighted by molar-refractivity contribution is 6.31. The van der Waals surface area contributed by atoms with Crippen LogP contribution in [-0.4, -0.2) is 64.0 Å². The first-order chi connectivity index (χ1) is 17.5. The van der Waals surface area contributed by atoms with Crippen molar-refractivity contribution >= 4 is 28.5 Å². The van der Waals surface area contributed by atoms with E-state index in [-0.39, 0.29) is 19.1 Å². The number of alkyl halides is 3. The molecule has 37 heavy (non-hydrogen) atoms. The highest BCUT2D eigenvalue weighted by Crippen LogP contribution is 2.37. The Bertz CT molecular complexity index is 1350. The second-order valence-corrected chi connectivity index (χ2v) is 10.1. The summed E-state index contributed by atoms with van der Waals surface area (Å²) in [6, 6.07) is 5.85. The minimum Gasteiger partial charge on any atom is -0.378 e. The number of amides is 1. The van der Waals surface area contributed by atoms with Crippen molar-refractivity contribution in [2.24, 2.45) is 0 Å². The van der Waals surface area contributed by atoms with Crippen molar-refractivity contribution in [1.29, 1.82) is 0 Å². The number of pyridine rings is 1. The van der Waals surface area contributed by atoms with E-state index in [9.17, 15) is 23.1 Å². The second-order valence-electron chi connectivity index (χ2n) is 9.72. The van der Waals surface area contributed by atoms with Crippen LogP contribution in [0.2, 0.25) is 5.15 Å². The number of nitrogens with zero attached hydrogens (tertiary/aromatic N) is 2. The summed E-state index contributed by atoms with van der Waals surface area (Å²) in [5.74, 6) is -1.35. The third-order valence-electron chi connectivity index (χ3n) is 7.32. The van der Waals surface area contributed by atoms with E-state index in [0.29, 0.717) is 43.9 Å². The van der Waals surface area contributed by atoms with Gasteiger partial charge in [0.05, 0.1) is 19.3 Å². The molecule has 0 unspecified atom stereocenters. The molecule has 3 N–H and O–H groups in total. The van der Waals surface area contributed by atoms with E-state index in [2.05, 4.69) is 15.3 Å². The van der Waals surface area contributed by atoms with Crippen molar-refractivity contribution in [1.82, 2.24) is 20.2 Å². The van der Waals surface area contributed by atoms with E-state index >= 15 is 0 Å². The molecule has 1 amide bonds. The van der Waals surface area contributed by atoms with E-state index in [4.69, 9.17) is 16.3 Å². The van der Waals surface area contributed by atoms with E-state index in [1.165, 1.54) is 0 Å². The average Bonchev–Trinajstić information content (AvgIpc) is 3.21. The SMILES string of the molecule is CCc1c(Cl)[nH]c2ncc(-c3cc4c(c([C@@H]5COCCN5)c3)CN(C(=O)[C@](C)(O)C(F)(F)F)CC4)cc12. The molecule has 3 aromatic rings. The molecule has 5 rings (SSSR count). The van der Waals surface area contributed by atoms with Crippen LogP contribution in [-0.2, 0) is 28.9 Å². The fourth-order valence-electron chi connectivity index (χ4n) is 5.14. The van der Waals surface area contributed by atoms with E-state index < -0.39 is 17.7 Å². The molecule has 0 radical (unpaired) electrons. The molecule has 11 heteroatoms. The standard InChI is InChI=1S/C26H28ClF3N4O3/c1-3-17-19-10-16(11-32-23(19)33-22(17)27)15-8-14-4-6-34(24(35)25(2,36)26(28,29)30)12-20(14)18(9-15)21-13-37-7-5-31-21/h8-11,21,31,36H,3-7,12-13H2,1-2H3,(H,32,33)/t21-,25-/m0/s1. The van der Waals surface area contributed by atoms with Gasteiger partial charge in [-0.3, -0.25) is 4.79 Å². The molecular formula is C26H28ClF3N4O3. The van der Waals surface area contributed by atoms with Gasteiger partial charge >= 0.3 is 6.18 Å². The maximum atomic E-state index is 13.4. The number of morpholine rings is 1. The topological polar surface area (TPSA) is 90.5 Å². The number of aromatic nitrogens is 2. The zero-order valence-electron chi connectivity index (χ0n) is 20.5. The fourth-order valence-corrected chi connectivity index (χ4v) is 5.46. The van der Waals surface area contributed by atoms with Crippen LogP contribution < -0.4 is 5.32 Å². The van der Waals surface area contributed by atoms with E-state index in [1.54, 1.807) is 6.20 Å². The minimum atomic E-state index is -5.07. The van der Waals surface area contributed by atoms with Crippen molar-refractivity contribution in [3.05, 3.63) is 51.8 Å². The van der Waals surface area contributed by atoms with E-state index in [0.717, 1.165) is 50.1 Å². The molecule has 7 nitrogen and oxygen atoms in total. The number of aryl methyl sites for hydroxylation is 1. The monoisotopic (exact) mass is 536 g/mol. The van der Waals surface area contributed by atoms with Crippen LogP contribution in [0.15, 0.2) is 24.4 Å². The lowest BCUT2D eigenvalue weighted by Gasteiger charge is -2.37. The maximum absolute atomic E-state index is 13.4. The molecule has 198 valence electrons. The molecule has 0 bridgehead atoms. The molecule has 0 spiro atoms. The van der Waals surface area contributed by atoms with Crippen LogP contribution in [0.1, 0.15) is 42.1 Å². The highest BCUT2D eigenvalue weighted by atomic mass is 35.5. The first kappa shape index (κ1) is 26.0. The molecule has 0 aliphatic carbocycles. The van der Waals surface area contributed by atoms with Gasteiger partial charge in [-0.2, -0.15) is 13.2 Å². The van der Waals surface area contributed by atoms with Gasteiger partial charge in [-0.15, -0.1) is 0 Å². The second kappa shape index (κ2) is 9.58. The Labute approximate surface area is 217 Å². The van der Waals surface area contributed by atoms with Crippen LogP contribution in [0, 0.1) is 0 Å². The summed E-state index contributed by atoms with van der Waals surface area (Å²) in [7, 11) is 0. The van der Waals surface area contributed by atoms with Gasteiger partial charge in [0.1, 0.15) is 10.8 Å². The largest absolute Gasteiger partial charge is 0.426 e. The summed E-state index contributed by atoms with van der Waals surface area (Å²) >= 11 is 6.35. The maximum Gasteiger partial charge on any atom is 0.426 e. The van der Waals surface area contributed by atoms with Gasteiger partial charge in [0.25, 0.3) is 5.91 Å². The quantitative estimate of drug-likeness (QED) is 0.462. The number of hydrogen-bond donors (Lipinski definition) is 3. The Morgan fingerprint density at radius 3 is 2.76 bits per heavy atom. The predicted molar refractivity (Wildman–Crippen MR) is 133 cm³/mol. The first-order valence-corrected chi connectivity index (χ1v) is 12.6. The number of halogens is 4. The molecule has 2 aliphatic heterocycles. The zero-order valence-corrected chi connectivity index (χ0v) is 21.3. The van der Waals surface area contributed by atoms with Gasteiger partial charge in [-0.05, 0) is 59.7 Å². The number of H-pyrrole nitrogens is 1. The van der Waals surface area contributed by atoms with Crippen LogP contribution in [0.3, 0.4) is 0 Å². The Kier molecular flexibility index (Phi) is 6.72. The first-order valence-electron chi connectivity index (χ1n) is 12.2. The van der Waals surface area contributed by atoms with Gasteiger partial charge in [0, 0.05) is 36.8 Å². The van der Waals surface area contributed by atoms with Gasteiger partial charge in [-0.25, -0.2) is 4.98 Å². The Morgan fingerprint density at radius 2 is 2.08 bits per heavy atom. The molecule has 0 saturated carbocycles. The number of hydrogen-bond acceptors (Lipinski definition) is 5. The number of ether oxygens (including phenoxy) is 1. The average molecular weight is 537 g/mol. The number of fused-ring (bicyclic) bond motifs is 2. The number of aliphatic hydroxyl groups is 1. The van der Waals surface area contributed by atoms with Crippen LogP contribution >= 0.6 is 11.6 Å². The van der Waals surface area contributed by atoms with Crippen LogP contribution in [0.4, 0.5) is 13.2 Å². The highest BCUT2D eigenvalue weighted by Gasteiger charge is 2.57. The van der Waals surface area contributed by atoms with Crippen LogP contribution in [0.25, 0.3) is 22.2 Å². The lowest BCUT2D eigenvalue weighted by Crippen LogP contribution is -2.56. The third-order valence-corrected chi connectivity index (χ3v) is 7.64. The summed E-state index contributed by atoms with van der Waals surface area (Å²) in [4.78, 5) is 21.5. The van der Waals surface area contributed by atoms with Crippen molar-refractivity contribution in [3.8, 4) is 11.1 Å². The lowest BCUT2D eigenvalue weighted by molar-refractivity contribution is -0.250. The Balaban J connectivity index is 1.57. The third kappa shape index (κ3) is 4.60. The number of aromatic amines is 1. The molecule has 2 aromatic heterocycles.